The van der Waals surface area contributed by atoms with Crippen LogP contribution in [0, 0.1) is 0 Å². The molecule has 18 heavy (non-hydrogen) atoms. The third-order valence-corrected chi connectivity index (χ3v) is 2.80. The summed E-state index contributed by atoms with van der Waals surface area (Å²) in [6.45, 7) is 3.87. The van der Waals surface area contributed by atoms with Crippen molar-refractivity contribution < 1.29 is 19.0 Å². The molecule has 0 radical (unpaired) electrons. The van der Waals surface area contributed by atoms with Gasteiger partial charge in [-0.3, -0.25) is 4.79 Å². The molecular formula is C14H18O4. The van der Waals surface area contributed by atoms with E-state index >= 15 is 0 Å². The average Bonchev–Trinajstić information content (AvgIpc) is 2.82. The third-order valence-electron chi connectivity index (χ3n) is 2.80. The zero-order chi connectivity index (χ0) is 12.8. The van der Waals surface area contributed by atoms with Gasteiger partial charge in [0.25, 0.3) is 0 Å². The minimum absolute atomic E-state index is 0.236. The molecule has 0 aromatic heterocycles. The number of benzene rings is 1. The summed E-state index contributed by atoms with van der Waals surface area (Å²) in [6.07, 6.45) is 0.970. The molecule has 1 aliphatic rings. The number of fused-ring (bicyclic) bond motifs is 1. The molecule has 1 heterocycles. The van der Waals surface area contributed by atoms with Gasteiger partial charge >= 0.3 is 5.97 Å². The second-order valence-corrected chi connectivity index (χ2v) is 4.18. The minimum Gasteiger partial charge on any atom is -0.492 e. The van der Waals surface area contributed by atoms with Crippen molar-refractivity contribution in [3.63, 3.8) is 0 Å². The molecule has 0 aliphatic carbocycles. The van der Waals surface area contributed by atoms with E-state index in [2.05, 4.69) is 0 Å². The average molecular weight is 250 g/mol. The Morgan fingerprint density at radius 2 is 2.17 bits per heavy atom. The maximum Gasteiger partial charge on any atom is 0.317 e. The Hall–Kier alpha value is -1.55. The van der Waals surface area contributed by atoms with Crippen LogP contribution in [0.2, 0.25) is 0 Å². The fraction of sp³-hybridized carbons (Fsp3) is 0.500. The van der Waals surface area contributed by atoms with Crippen LogP contribution in [0.5, 0.6) is 5.75 Å². The van der Waals surface area contributed by atoms with E-state index in [0.29, 0.717) is 26.4 Å². The monoisotopic (exact) mass is 250 g/mol. The van der Waals surface area contributed by atoms with Crippen molar-refractivity contribution in [2.75, 3.05) is 26.4 Å². The number of para-hydroxylation sites is 1. The Kier molecular flexibility index (Phi) is 4.59. The summed E-state index contributed by atoms with van der Waals surface area (Å²) in [7, 11) is 0. The summed E-state index contributed by atoms with van der Waals surface area (Å²) in [6, 6.07) is 7.57. The maximum absolute atomic E-state index is 11.9. The van der Waals surface area contributed by atoms with Gasteiger partial charge in [0, 0.05) is 12.2 Å². The van der Waals surface area contributed by atoms with Crippen LogP contribution in [-0.2, 0) is 14.3 Å². The zero-order valence-corrected chi connectivity index (χ0v) is 10.6. The first-order valence-corrected chi connectivity index (χ1v) is 6.29. The first-order valence-electron chi connectivity index (χ1n) is 6.29. The van der Waals surface area contributed by atoms with Crippen LogP contribution in [0.1, 0.15) is 24.8 Å². The standard InChI is InChI=1S/C14H18O4/c1-2-7-16-8-9-17-14(15)12-10-18-13-6-4-3-5-11(12)13/h3-6,12H,2,7-10H2,1H3/t12-/m1/s1. The Labute approximate surface area is 107 Å². The Morgan fingerprint density at radius 3 is 3.00 bits per heavy atom. The normalized spacial score (nSPS) is 17.1. The van der Waals surface area contributed by atoms with Gasteiger partial charge in [0.1, 0.15) is 24.9 Å². The van der Waals surface area contributed by atoms with Crippen LogP contribution >= 0.6 is 0 Å². The molecule has 0 N–H and O–H groups in total. The van der Waals surface area contributed by atoms with Crippen LogP contribution in [0.15, 0.2) is 24.3 Å². The van der Waals surface area contributed by atoms with Crippen molar-refractivity contribution in [2.24, 2.45) is 0 Å². The smallest absolute Gasteiger partial charge is 0.317 e. The quantitative estimate of drug-likeness (QED) is 0.573. The second-order valence-electron chi connectivity index (χ2n) is 4.18. The van der Waals surface area contributed by atoms with Gasteiger partial charge in [0.2, 0.25) is 0 Å². The van der Waals surface area contributed by atoms with Crippen molar-refractivity contribution in [1.29, 1.82) is 0 Å². The van der Waals surface area contributed by atoms with Crippen LogP contribution in [-0.4, -0.2) is 32.4 Å². The van der Waals surface area contributed by atoms with Crippen LogP contribution in [0.4, 0.5) is 0 Å². The molecule has 1 aromatic carbocycles. The van der Waals surface area contributed by atoms with Crippen molar-refractivity contribution in [3.8, 4) is 5.75 Å². The van der Waals surface area contributed by atoms with Crippen LogP contribution < -0.4 is 4.74 Å². The van der Waals surface area contributed by atoms with Gasteiger partial charge in [-0.05, 0) is 12.5 Å². The van der Waals surface area contributed by atoms with Crippen LogP contribution in [0.3, 0.4) is 0 Å². The van der Waals surface area contributed by atoms with Crippen LogP contribution in [0.25, 0.3) is 0 Å². The number of hydrogen-bond acceptors (Lipinski definition) is 4. The van der Waals surface area contributed by atoms with E-state index in [1.807, 2.05) is 31.2 Å². The molecule has 4 nitrogen and oxygen atoms in total. The molecule has 0 fully saturated rings. The summed E-state index contributed by atoms with van der Waals surface area (Å²) in [5.41, 5.74) is 0.914. The van der Waals surface area contributed by atoms with E-state index in [9.17, 15) is 4.79 Å². The van der Waals surface area contributed by atoms with Gasteiger partial charge in [0.15, 0.2) is 0 Å². The second kappa shape index (κ2) is 6.40. The number of esters is 1. The van der Waals surface area contributed by atoms with Gasteiger partial charge < -0.3 is 14.2 Å². The predicted octanol–water partition coefficient (Wildman–Crippen LogP) is 2.13. The highest BCUT2D eigenvalue weighted by Gasteiger charge is 2.31. The van der Waals surface area contributed by atoms with Crippen molar-refractivity contribution in [2.45, 2.75) is 19.3 Å². The molecule has 0 spiro atoms. The van der Waals surface area contributed by atoms with E-state index in [4.69, 9.17) is 14.2 Å². The van der Waals surface area contributed by atoms with E-state index in [-0.39, 0.29) is 11.9 Å². The summed E-state index contributed by atoms with van der Waals surface area (Å²) in [4.78, 5) is 11.9. The molecule has 0 saturated heterocycles. The SMILES string of the molecule is CCCOCCOC(=O)[C@@H]1COc2ccccc21. The largest absolute Gasteiger partial charge is 0.492 e. The summed E-state index contributed by atoms with van der Waals surface area (Å²) >= 11 is 0. The molecule has 0 bridgehead atoms. The zero-order valence-electron chi connectivity index (χ0n) is 10.6. The summed E-state index contributed by atoms with van der Waals surface area (Å²) in [5, 5.41) is 0. The van der Waals surface area contributed by atoms with E-state index in [1.165, 1.54) is 0 Å². The lowest BCUT2D eigenvalue weighted by Crippen LogP contribution is -2.19. The van der Waals surface area contributed by atoms with E-state index in [0.717, 1.165) is 17.7 Å². The van der Waals surface area contributed by atoms with Gasteiger partial charge in [-0.2, -0.15) is 0 Å². The van der Waals surface area contributed by atoms with Crippen molar-refractivity contribution >= 4 is 5.97 Å². The predicted molar refractivity (Wildman–Crippen MR) is 66.7 cm³/mol. The molecule has 0 amide bonds. The number of rotatable bonds is 6. The van der Waals surface area contributed by atoms with E-state index < -0.39 is 0 Å². The molecule has 1 atom stereocenters. The number of ether oxygens (including phenoxy) is 3. The first-order chi connectivity index (χ1) is 8.83. The number of carbonyl (C=O) groups is 1. The molecular weight excluding hydrogens is 232 g/mol. The van der Waals surface area contributed by atoms with Gasteiger partial charge in [-0.25, -0.2) is 0 Å². The summed E-state index contributed by atoms with van der Waals surface area (Å²) in [5.74, 6) is 0.245. The lowest BCUT2D eigenvalue weighted by molar-refractivity contribution is -0.147. The first kappa shape index (κ1) is 12.9. The van der Waals surface area contributed by atoms with Crippen molar-refractivity contribution in [1.82, 2.24) is 0 Å². The minimum atomic E-state index is -0.299. The van der Waals surface area contributed by atoms with E-state index in [1.54, 1.807) is 0 Å². The number of hydrogen-bond donors (Lipinski definition) is 0. The fourth-order valence-corrected chi connectivity index (χ4v) is 1.91. The molecule has 0 unspecified atom stereocenters. The topological polar surface area (TPSA) is 44.8 Å². The lowest BCUT2D eigenvalue weighted by atomic mass is 10.0. The third kappa shape index (κ3) is 3.01. The van der Waals surface area contributed by atoms with Crippen molar-refractivity contribution in [3.05, 3.63) is 29.8 Å². The highest BCUT2D eigenvalue weighted by Crippen LogP contribution is 2.33. The Bertz CT molecular complexity index is 403. The maximum atomic E-state index is 11.9. The molecule has 0 saturated carbocycles. The van der Waals surface area contributed by atoms with Gasteiger partial charge in [-0.1, -0.05) is 25.1 Å². The molecule has 1 aliphatic heterocycles. The number of carbonyl (C=O) groups excluding carboxylic acids is 1. The fourth-order valence-electron chi connectivity index (χ4n) is 1.91. The molecule has 98 valence electrons. The van der Waals surface area contributed by atoms with Gasteiger partial charge in [0.05, 0.1) is 6.61 Å². The Morgan fingerprint density at radius 1 is 1.33 bits per heavy atom. The molecule has 4 heteroatoms. The molecule has 2 rings (SSSR count). The highest BCUT2D eigenvalue weighted by atomic mass is 16.6. The Balaban J connectivity index is 1.80. The summed E-state index contributed by atoms with van der Waals surface area (Å²) < 4.78 is 15.9. The lowest BCUT2D eigenvalue weighted by Gasteiger charge is -2.09. The molecule has 1 aromatic rings. The highest BCUT2D eigenvalue weighted by molar-refractivity contribution is 5.80. The van der Waals surface area contributed by atoms with Gasteiger partial charge in [-0.15, -0.1) is 0 Å².